The van der Waals surface area contributed by atoms with E-state index in [1.54, 1.807) is 30.3 Å². The van der Waals surface area contributed by atoms with E-state index in [1.165, 1.54) is 6.92 Å². The molecule has 5 heteroatoms. The first-order chi connectivity index (χ1) is 12.1. The van der Waals surface area contributed by atoms with Gasteiger partial charge in [-0.3, -0.25) is 9.59 Å². The van der Waals surface area contributed by atoms with Crippen LogP contribution in [-0.4, -0.2) is 17.7 Å². The average molecular weight is 331 g/mol. The molecule has 1 amide bonds. The number of nitrogens with zero attached hydrogens (tertiary/aromatic N) is 2. The van der Waals surface area contributed by atoms with Crippen molar-refractivity contribution in [2.75, 3.05) is 5.32 Å². The molecular weight excluding hydrogens is 314 g/mol. The highest BCUT2D eigenvalue weighted by atomic mass is 16.2. The standard InChI is InChI=1S/C20H17N3O2/c1-14(24)19(20(25)21-17-9-3-2-4-10-17)23-22-18-12-11-15-7-5-6-8-16(15)13-18/h2-13,19H,1H3,(H,21,25). The van der Waals surface area contributed by atoms with Crippen LogP contribution in [0.4, 0.5) is 11.4 Å². The van der Waals surface area contributed by atoms with E-state index in [9.17, 15) is 9.59 Å². The largest absolute Gasteiger partial charge is 0.324 e. The van der Waals surface area contributed by atoms with Crippen molar-refractivity contribution < 1.29 is 9.59 Å². The van der Waals surface area contributed by atoms with Gasteiger partial charge in [0.25, 0.3) is 5.91 Å². The molecule has 3 aromatic carbocycles. The van der Waals surface area contributed by atoms with Gasteiger partial charge in [0.05, 0.1) is 5.69 Å². The number of para-hydroxylation sites is 1. The van der Waals surface area contributed by atoms with E-state index >= 15 is 0 Å². The van der Waals surface area contributed by atoms with Gasteiger partial charge in [0.15, 0.2) is 5.78 Å². The molecule has 0 aliphatic carbocycles. The van der Waals surface area contributed by atoms with Crippen molar-refractivity contribution in [1.82, 2.24) is 0 Å². The summed E-state index contributed by atoms with van der Waals surface area (Å²) in [5.74, 6) is -0.860. The van der Waals surface area contributed by atoms with Crippen molar-refractivity contribution in [3.63, 3.8) is 0 Å². The fourth-order valence-electron chi connectivity index (χ4n) is 2.41. The van der Waals surface area contributed by atoms with E-state index in [1.807, 2.05) is 42.5 Å². The van der Waals surface area contributed by atoms with Gasteiger partial charge in [-0.05, 0) is 42.0 Å². The molecule has 0 heterocycles. The highest BCUT2D eigenvalue weighted by Crippen LogP contribution is 2.21. The summed E-state index contributed by atoms with van der Waals surface area (Å²) in [7, 11) is 0. The molecule has 0 saturated heterocycles. The van der Waals surface area contributed by atoms with Gasteiger partial charge in [-0.15, -0.1) is 0 Å². The third-order valence-corrected chi connectivity index (χ3v) is 3.70. The van der Waals surface area contributed by atoms with Crippen LogP contribution in [-0.2, 0) is 9.59 Å². The molecule has 0 aliphatic heterocycles. The van der Waals surface area contributed by atoms with Gasteiger partial charge in [-0.25, -0.2) is 0 Å². The highest BCUT2D eigenvalue weighted by Gasteiger charge is 2.23. The number of fused-ring (bicyclic) bond motifs is 1. The fraction of sp³-hybridized carbons (Fsp3) is 0.100. The summed E-state index contributed by atoms with van der Waals surface area (Å²) in [6, 6.07) is 21.2. The van der Waals surface area contributed by atoms with Gasteiger partial charge in [0.2, 0.25) is 6.04 Å². The Morgan fingerprint density at radius 3 is 2.28 bits per heavy atom. The van der Waals surface area contributed by atoms with Gasteiger partial charge in [-0.2, -0.15) is 10.2 Å². The molecule has 1 atom stereocenters. The summed E-state index contributed by atoms with van der Waals surface area (Å²) >= 11 is 0. The molecule has 0 aliphatic rings. The van der Waals surface area contributed by atoms with Crippen LogP contribution in [0.2, 0.25) is 0 Å². The summed E-state index contributed by atoms with van der Waals surface area (Å²) in [6.07, 6.45) is 0. The number of ketones is 1. The lowest BCUT2D eigenvalue weighted by Gasteiger charge is -2.09. The molecule has 0 aromatic heterocycles. The Hall–Kier alpha value is -3.34. The molecule has 0 fully saturated rings. The molecule has 5 nitrogen and oxygen atoms in total. The van der Waals surface area contributed by atoms with Crippen molar-refractivity contribution >= 4 is 33.8 Å². The van der Waals surface area contributed by atoms with Crippen molar-refractivity contribution in [3.8, 4) is 0 Å². The zero-order chi connectivity index (χ0) is 17.6. The van der Waals surface area contributed by atoms with Gasteiger partial charge in [0, 0.05) is 5.69 Å². The second kappa shape index (κ2) is 7.49. The lowest BCUT2D eigenvalue weighted by molar-refractivity contribution is -0.126. The second-order valence-electron chi connectivity index (χ2n) is 5.62. The van der Waals surface area contributed by atoms with Crippen molar-refractivity contribution in [2.24, 2.45) is 10.2 Å². The van der Waals surface area contributed by atoms with Gasteiger partial charge < -0.3 is 5.32 Å². The van der Waals surface area contributed by atoms with Crippen molar-refractivity contribution in [1.29, 1.82) is 0 Å². The Kier molecular flexibility index (Phi) is 4.95. The summed E-state index contributed by atoms with van der Waals surface area (Å²) in [6.45, 7) is 1.33. The monoisotopic (exact) mass is 331 g/mol. The molecule has 25 heavy (non-hydrogen) atoms. The van der Waals surface area contributed by atoms with Crippen LogP contribution in [0.5, 0.6) is 0 Å². The zero-order valence-corrected chi connectivity index (χ0v) is 13.7. The minimum Gasteiger partial charge on any atom is -0.324 e. The average Bonchev–Trinajstić information content (AvgIpc) is 2.62. The molecule has 0 saturated carbocycles. The van der Waals surface area contributed by atoms with Crippen LogP contribution >= 0.6 is 0 Å². The first kappa shape index (κ1) is 16.5. The number of benzene rings is 3. The maximum atomic E-state index is 12.3. The lowest BCUT2D eigenvalue weighted by Crippen LogP contribution is -2.31. The molecule has 0 radical (unpaired) electrons. The normalized spacial score (nSPS) is 12.2. The molecule has 3 rings (SSSR count). The Bertz CT molecular complexity index is 936. The number of carbonyl (C=O) groups excluding carboxylic acids is 2. The van der Waals surface area contributed by atoms with E-state index in [-0.39, 0.29) is 5.78 Å². The lowest BCUT2D eigenvalue weighted by atomic mass is 10.1. The fourth-order valence-corrected chi connectivity index (χ4v) is 2.41. The van der Waals surface area contributed by atoms with Gasteiger partial charge in [0.1, 0.15) is 0 Å². The molecule has 3 aromatic rings. The Morgan fingerprint density at radius 1 is 0.880 bits per heavy atom. The van der Waals surface area contributed by atoms with E-state index in [2.05, 4.69) is 15.5 Å². The number of carbonyl (C=O) groups is 2. The second-order valence-corrected chi connectivity index (χ2v) is 5.62. The van der Waals surface area contributed by atoms with Crippen LogP contribution < -0.4 is 5.32 Å². The Labute approximate surface area is 145 Å². The number of Topliss-reactive ketones (excluding diaryl/α,β-unsaturated/α-hetero) is 1. The predicted molar refractivity (Wildman–Crippen MR) is 98.0 cm³/mol. The summed E-state index contributed by atoms with van der Waals surface area (Å²) < 4.78 is 0. The van der Waals surface area contributed by atoms with E-state index in [4.69, 9.17) is 0 Å². The van der Waals surface area contributed by atoms with Gasteiger partial charge >= 0.3 is 0 Å². The summed E-state index contributed by atoms with van der Waals surface area (Å²) in [4.78, 5) is 24.1. The van der Waals surface area contributed by atoms with Crippen LogP contribution in [0.25, 0.3) is 10.8 Å². The van der Waals surface area contributed by atoms with E-state index < -0.39 is 11.9 Å². The molecule has 1 unspecified atom stereocenters. The smallest absolute Gasteiger partial charge is 0.258 e. The number of azo groups is 1. The van der Waals surface area contributed by atoms with Crippen LogP contribution in [0, 0.1) is 0 Å². The summed E-state index contributed by atoms with van der Waals surface area (Å²) in [5.41, 5.74) is 1.21. The number of anilines is 1. The number of hydrogen-bond acceptors (Lipinski definition) is 4. The zero-order valence-electron chi connectivity index (χ0n) is 13.7. The number of hydrogen-bond donors (Lipinski definition) is 1. The number of amides is 1. The number of rotatable bonds is 5. The van der Waals surface area contributed by atoms with Gasteiger partial charge in [-0.1, -0.05) is 48.5 Å². The van der Waals surface area contributed by atoms with E-state index in [0.717, 1.165) is 10.8 Å². The highest BCUT2D eigenvalue weighted by molar-refractivity contribution is 6.10. The van der Waals surface area contributed by atoms with Crippen LogP contribution in [0.3, 0.4) is 0 Å². The SMILES string of the molecule is CC(=O)C(N=Nc1ccc2ccccc2c1)C(=O)Nc1ccccc1. The third kappa shape index (κ3) is 4.14. The molecule has 0 spiro atoms. The molecule has 124 valence electrons. The van der Waals surface area contributed by atoms with E-state index in [0.29, 0.717) is 11.4 Å². The minimum atomic E-state index is -1.17. The minimum absolute atomic E-state index is 0.363. The quantitative estimate of drug-likeness (QED) is 0.551. The maximum Gasteiger partial charge on any atom is 0.258 e. The first-order valence-corrected chi connectivity index (χ1v) is 7.89. The maximum absolute atomic E-state index is 12.3. The van der Waals surface area contributed by atoms with Crippen molar-refractivity contribution in [3.05, 3.63) is 72.8 Å². The Balaban J connectivity index is 1.79. The Morgan fingerprint density at radius 2 is 1.56 bits per heavy atom. The first-order valence-electron chi connectivity index (χ1n) is 7.89. The predicted octanol–water partition coefficient (Wildman–Crippen LogP) is 4.52. The van der Waals surface area contributed by atoms with Crippen molar-refractivity contribution in [2.45, 2.75) is 13.0 Å². The topological polar surface area (TPSA) is 70.9 Å². The van der Waals surface area contributed by atoms with Crippen LogP contribution in [0.15, 0.2) is 83.0 Å². The third-order valence-electron chi connectivity index (χ3n) is 3.70. The molecular formula is C20H17N3O2. The molecule has 1 N–H and O–H groups in total. The van der Waals surface area contributed by atoms with Crippen LogP contribution in [0.1, 0.15) is 6.92 Å². The molecule has 0 bridgehead atoms. The number of nitrogens with one attached hydrogen (secondary N) is 1. The summed E-state index contributed by atoms with van der Waals surface area (Å²) in [5, 5.41) is 12.8.